The molecule has 0 bridgehead atoms. The standard InChI is InChI=1S/C28H24F3N3O6S/c1-38-21-13-9-20(10-14-21)34-25(36)23(15-24(35)32-19-7-5-18(6-8-19)26(37)39-2)33(27(34)41)16-17-3-11-22(12-4-17)40-28(29,30)31/h3-14,23H,15-16H2,1-2H3,(H,32,35)/t23-/m1/s1. The van der Waals surface area contributed by atoms with Gasteiger partial charge in [-0.3, -0.25) is 14.5 Å². The van der Waals surface area contributed by atoms with E-state index in [1.807, 2.05) is 0 Å². The monoisotopic (exact) mass is 587 g/mol. The molecule has 41 heavy (non-hydrogen) atoms. The van der Waals surface area contributed by atoms with Gasteiger partial charge in [0.2, 0.25) is 5.91 Å². The van der Waals surface area contributed by atoms with E-state index in [1.165, 1.54) is 55.5 Å². The van der Waals surface area contributed by atoms with Crippen LogP contribution in [0.25, 0.3) is 0 Å². The summed E-state index contributed by atoms with van der Waals surface area (Å²) in [4.78, 5) is 41.1. The fraction of sp³-hybridized carbons (Fsp3) is 0.214. The minimum Gasteiger partial charge on any atom is -0.497 e. The Morgan fingerprint density at radius 3 is 2.10 bits per heavy atom. The molecule has 4 rings (SSSR count). The molecule has 0 unspecified atom stereocenters. The second-order valence-corrected chi connectivity index (χ2v) is 9.18. The third-order valence-electron chi connectivity index (χ3n) is 6.13. The van der Waals surface area contributed by atoms with Crippen LogP contribution in [0.5, 0.6) is 11.5 Å². The number of esters is 1. The summed E-state index contributed by atoms with van der Waals surface area (Å²) in [7, 11) is 2.76. The van der Waals surface area contributed by atoms with Crippen LogP contribution in [0.3, 0.4) is 0 Å². The van der Waals surface area contributed by atoms with Crippen LogP contribution in [0.1, 0.15) is 22.3 Å². The molecule has 9 nitrogen and oxygen atoms in total. The number of amides is 2. The molecule has 2 amide bonds. The first-order chi connectivity index (χ1) is 19.5. The maximum atomic E-state index is 13.6. The fourth-order valence-corrected chi connectivity index (χ4v) is 4.56. The highest BCUT2D eigenvalue weighted by Crippen LogP contribution is 2.31. The van der Waals surface area contributed by atoms with Gasteiger partial charge in [0.1, 0.15) is 17.5 Å². The van der Waals surface area contributed by atoms with Crippen molar-refractivity contribution in [3.8, 4) is 11.5 Å². The molecule has 0 aromatic heterocycles. The number of hydrogen-bond donors (Lipinski definition) is 1. The maximum absolute atomic E-state index is 13.6. The summed E-state index contributed by atoms with van der Waals surface area (Å²) in [6, 6.07) is 16.8. The van der Waals surface area contributed by atoms with Crippen LogP contribution in [-0.2, 0) is 20.9 Å². The molecule has 0 spiro atoms. The molecule has 1 fully saturated rings. The third-order valence-corrected chi connectivity index (χ3v) is 6.54. The van der Waals surface area contributed by atoms with Crippen molar-refractivity contribution in [3.05, 3.63) is 83.9 Å². The van der Waals surface area contributed by atoms with Crippen molar-refractivity contribution in [2.75, 3.05) is 24.4 Å². The lowest BCUT2D eigenvalue weighted by molar-refractivity contribution is -0.274. The lowest BCUT2D eigenvalue weighted by Gasteiger charge is -2.24. The smallest absolute Gasteiger partial charge is 0.497 e. The van der Waals surface area contributed by atoms with Crippen molar-refractivity contribution in [1.29, 1.82) is 0 Å². The quantitative estimate of drug-likeness (QED) is 0.279. The molecule has 1 heterocycles. The second-order valence-electron chi connectivity index (χ2n) is 8.81. The summed E-state index contributed by atoms with van der Waals surface area (Å²) in [6.07, 6.45) is -5.11. The molecular weight excluding hydrogens is 563 g/mol. The summed E-state index contributed by atoms with van der Waals surface area (Å²) in [5.74, 6) is -1.30. The average molecular weight is 588 g/mol. The Labute approximate surface area is 238 Å². The van der Waals surface area contributed by atoms with Crippen LogP contribution in [-0.4, -0.2) is 54.4 Å². The van der Waals surface area contributed by atoms with Crippen molar-refractivity contribution in [2.45, 2.75) is 25.4 Å². The summed E-state index contributed by atoms with van der Waals surface area (Å²) >= 11 is 5.64. The largest absolute Gasteiger partial charge is 0.573 e. The van der Waals surface area contributed by atoms with Gasteiger partial charge in [-0.1, -0.05) is 12.1 Å². The van der Waals surface area contributed by atoms with Crippen LogP contribution in [0.15, 0.2) is 72.8 Å². The molecule has 1 saturated heterocycles. The van der Waals surface area contributed by atoms with Crippen molar-refractivity contribution in [2.24, 2.45) is 0 Å². The molecule has 214 valence electrons. The number of methoxy groups -OCH3 is 2. The Bertz CT molecular complexity index is 1430. The minimum absolute atomic E-state index is 0.0370. The van der Waals surface area contributed by atoms with Gasteiger partial charge >= 0.3 is 12.3 Å². The molecule has 13 heteroatoms. The number of anilines is 2. The number of carbonyl (C=O) groups is 3. The van der Waals surface area contributed by atoms with Gasteiger partial charge in [0, 0.05) is 12.2 Å². The first-order valence-electron chi connectivity index (χ1n) is 12.1. The summed E-state index contributed by atoms with van der Waals surface area (Å²) in [5, 5.41) is 2.82. The van der Waals surface area contributed by atoms with E-state index in [1.54, 1.807) is 29.2 Å². The van der Waals surface area contributed by atoms with Crippen molar-refractivity contribution >= 4 is 46.5 Å². The molecule has 1 aliphatic heterocycles. The minimum atomic E-state index is -4.83. The van der Waals surface area contributed by atoms with E-state index in [0.29, 0.717) is 28.3 Å². The van der Waals surface area contributed by atoms with E-state index >= 15 is 0 Å². The predicted octanol–water partition coefficient (Wildman–Crippen LogP) is 4.91. The zero-order valence-electron chi connectivity index (χ0n) is 21.8. The molecule has 0 aliphatic carbocycles. The van der Waals surface area contributed by atoms with Crippen LogP contribution in [0, 0.1) is 0 Å². The van der Waals surface area contributed by atoms with Gasteiger partial charge in [-0.2, -0.15) is 0 Å². The Morgan fingerprint density at radius 1 is 0.927 bits per heavy atom. The maximum Gasteiger partial charge on any atom is 0.573 e. The van der Waals surface area contributed by atoms with E-state index in [-0.39, 0.29) is 18.1 Å². The summed E-state index contributed by atoms with van der Waals surface area (Å²) in [6.45, 7) is 0.0370. The third kappa shape index (κ3) is 7.11. The Hall–Kier alpha value is -4.65. The topological polar surface area (TPSA) is 97.4 Å². The molecule has 0 saturated carbocycles. The van der Waals surface area contributed by atoms with E-state index in [4.69, 9.17) is 17.0 Å². The van der Waals surface area contributed by atoms with Gasteiger partial charge in [-0.05, 0) is 78.4 Å². The van der Waals surface area contributed by atoms with E-state index < -0.39 is 35.9 Å². The lowest BCUT2D eigenvalue weighted by atomic mass is 10.1. The van der Waals surface area contributed by atoms with Crippen LogP contribution < -0.4 is 19.7 Å². The number of carbonyl (C=O) groups excluding carboxylic acids is 3. The number of halogens is 3. The highest BCUT2D eigenvalue weighted by Gasteiger charge is 2.44. The number of alkyl halides is 3. The molecular formula is C28H24F3N3O6S. The zero-order chi connectivity index (χ0) is 29.7. The molecule has 1 atom stereocenters. The zero-order valence-corrected chi connectivity index (χ0v) is 22.6. The normalized spacial score (nSPS) is 15.1. The number of hydrogen-bond acceptors (Lipinski definition) is 7. The number of benzene rings is 3. The fourth-order valence-electron chi connectivity index (χ4n) is 4.17. The number of rotatable bonds is 9. The Balaban J connectivity index is 1.56. The van der Waals surface area contributed by atoms with Gasteiger partial charge < -0.3 is 24.4 Å². The van der Waals surface area contributed by atoms with E-state index in [0.717, 1.165) is 12.1 Å². The number of nitrogens with one attached hydrogen (secondary N) is 1. The highest BCUT2D eigenvalue weighted by molar-refractivity contribution is 7.80. The Morgan fingerprint density at radius 2 is 1.54 bits per heavy atom. The van der Waals surface area contributed by atoms with Gasteiger partial charge in [0.05, 0.1) is 31.9 Å². The van der Waals surface area contributed by atoms with Crippen molar-refractivity contribution in [3.63, 3.8) is 0 Å². The first kappa shape index (κ1) is 29.3. The van der Waals surface area contributed by atoms with Crippen LogP contribution in [0.4, 0.5) is 24.5 Å². The molecule has 3 aromatic carbocycles. The van der Waals surface area contributed by atoms with Crippen LogP contribution in [0.2, 0.25) is 0 Å². The van der Waals surface area contributed by atoms with Gasteiger partial charge in [-0.25, -0.2) is 4.79 Å². The van der Waals surface area contributed by atoms with Gasteiger partial charge in [-0.15, -0.1) is 13.2 Å². The molecule has 1 N–H and O–H groups in total. The van der Waals surface area contributed by atoms with Crippen molar-refractivity contribution < 1.29 is 41.8 Å². The van der Waals surface area contributed by atoms with E-state index in [2.05, 4.69) is 14.8 Å². The van der Waals surface area contributed by atoms with Crippen molar-refractivity contribution in [1.82, 2.24) is 4.90 Å². The van der Waals surface area contributed by atoms with E-state index in [9.17, 15) is 27.6 Å². The highest BCUT2D eigenvalue weighted by atomic mass is 32.1. The van der Waals surface area contributed by atoms with Gasteiger partial charge in [0.25, 0.3) is 5.91 Å². The SMILES string of the molecule is COC(=O)c1ccc(NC(=O)C[C@@H]2C(=O)N(c3ccc(OC)cc3)C(=S)N2Cc2ccc(OC(F)(F)F)cc2)cc1. The summed E-state index contributed by atoms with van der Waals surface area (Å²) in [5.41, 5.74) is 1.69. The number of nitrogens with zero attached hydrogens (tertiary/aromatic N) is 2. The molecule has 0 radical (unpaired) electrons. The number of thiocarbonyl (C=S) groups is 1. The summed E-state index contributed by atoms with van der Waals surface area (Å²) < 4.78 is 51.4. The Kier molecular flexibility index (Phi) is 8.77. The predicted molar refractivity (Wildman–Crippen MR) is 147 cm³/mol. The first-order valence-corrected chi connectivity index (χ1v) is 12.5. The van der Waals surface area contributed by atoms with Crippen LogP contribution >= 0.6 is 12.2 Å². The molecule has 1 aliphatic rings. The number of ether oxygens (including phenoxy) is 3. The van der Waals surface area contributed by atoms with Gasteiger partial charge in [0.15, 0.2) is 5.11 Å². The lowest BCUT2D eigenvalue weighted by Crippen LogP contribution is -2.37. The second kappa shape index (κ2) is 12.3. The average Bonchev–Trinajstić information content (AvgIpc) is 3.17. The molecule has 3 aromatic rings.